The predicted octanol–water partition coefficient (Wildman–Crippen LogP) is 0.505. The highest BCUT2D eigenvalue weighted by atomic mass is 16.5. The summed E-state index contributed by atoms with van der Waals surface area (Å²) < 4.78 is 6.79. The highest BCUT2D eigenvalue weighted by Crippen LogP contribution is 2.12. The van der Waals surface area contributed by atoms with Gasteiger partial charge in [0.25, 0.3) is 0 Å². The van der Waals surface area contributed by atoms with Gasteiger partial charge >= 0.3 is 5.97 Å². The Morgan fingerprint density at radius 2 is 2.40 bits per heavy atom. The Morgan fingerprint density at radius 3 is 3.13 bits per heavy atom. The number of likely N-dealkylation sites (N-methyl/N-ethyl adjacent to an activating group) is 1. The Balaban J connectivity index is 2.19. The van der Waals surface area contributed by atoms with Crippen molar-refractivity contribution in [1.82, 2.24) is 14.7 Å². The third-order valence-electron chi connectivity index (χ3n) is 2.47. The molecule has 1 aliphatic heterocycles. The second-order valence-corrected chi connectivity index (χ2v) is 3.70. The van der Waals surface area contributed by atoms with Gasteiger partial charge in [-0.25, -0.2) is 4.79 Å². The van der Waals surface area contributed by atoms with E-state index in [2.05, 4.69) is 17.0 Å². The topological polar surface area (TPSA) is 47.4 Å². The van der Waals surface area contributed by atoms with Crippen molar-refractivity contribution in [3.63, 3.8) is 0 Å². The molecule has 1 aromatic rings. The number of carbonyl (C=O) groups is 1. The van der Waals surface area contributed by atoms with Gasteiger partial charge < -0.3 is 4.74 Å². The van der Waals surface area contributed by atoms with Crippen LogP contribution in [0.4, 0.5) is 0 Å². The molecule has 0 saturated carbocycles. The van der Waals surface area contributed by atoms with Crippen molar-refractivity contribution >= 4 is 5.97 Å². The van der Waals surface area contributed by atoms with Crippen molar-refractivity contribution in [2.45, 2.75) is 20.0 Å². The van der Waals surface area contributed by atoms with Crippen LogP contribution >= 0.6 is 0 Å². The third kappa shape index (κ3) is 2.02. The monoisotopic (exact) mass is 209 g/mol. The Hall–Kier alpha value is -1.36. The summed E-state index contributed by atoms with van der Waals surface area (Å²) in [6.45, 7) is 4.83. The van der Waals surface area contributed by atoms with Gasteiger partial charge in [0.15, 0.2) is 5.69 Å². The number of fused-ring (bicyclic) bond motifs is 1. The van der Waals surface area contributed by atoms with E-state index in [1.165, 1.54) is 0 Å². The molecule has 0 fully saturated rings. The fourth-order valence-corrected chi connectivity index (χ4v) is 1.70. The predicted molar refractivity (Wildman–Crippen MR) is 54.5 cm³/mol. The van der Waals surface area contributed by atoms with Crippen molar-refractivity contribution in [1.29, 1.82) is 0 Å². The largest absolute Gasteiger partial charge is 0.461 e. The molecule has 0 bridgehead atoms. The van der Waals surface area contributed by atoms with Crippen LogP contribution in [-0.4, -0.2) is 40.8 Å². The molecule has 1 aromatic heterocycles. The van der Waals surface area contributed by atoms with Gasteiger partial charge in [-0.15, -0.1) is 0 Å². The molecule has 0 saturated heterocycles. The standard InChI is InChI=1S/C10H15N3O2/c1-3-15-10(14)9-6-8-7-12(2)4-5-13(8)11-9/h6H,3-5,7H2,1-2H3. The normalized spacial score (nSPS) is 16.1. The van der Waals surface area contributed by atoms with Crippen LogP contribution in [0, 0.1) is 0 Å². The lowest BCUT2D eigenvalue weighted by Gasteiger charge is -2.22. The van der Waals surface area contributed by atoms with E-state index in [1.54, 1.807) is 6.92 Å². The summed E-state index contributed by atoms with van der Waals surface area (Å²) in [5.74, 6) is -0.331. The average molecular weight is 209 g/mol. The lowest BCUT2D eigenvalue weighted by atomic mass is 10.3. The first-order valence-corrected chi connectivity index (χ1v) is 5.13. The molecule has 1 aliphatic rings. The number of ether oxygens (including phenoxy) is 1. The van der Waals surface area contributed by atoms with Crippen LogP contribution < -0.4 is 0 Å². The summed E-state index contributed by atoms with van der Waals surface area (Å²) in [6, 6.07) is 1.81. The first-order chi connectivity index (χ1) is 7.20. The molecule has 0 unspecified atom stereocenters. The molecule has 2 rings (SSSR count). The number of carbonyl (C=O) groups excluding carboxylic acids is 1. The molecule has 15 heavy (non-hydrogen) atoms. The Morgan fingerprint density at radius 1 is 1.60 bits per heavy atom. The van der Waals surface area contributed by atoms with Crippen molar-refractivity contribution in [2.75, 3.05) is 20.2 Å². The maximum atomic E-state index is 11.4. The second-order valence-electron chi connectivity index (χ2n) is 3.70. The fourth-order valence-electron chi connectivity index (χ4n) is 1.70. The number of hydrogen-bond donors (Lipinski definition) is 0. The summed E-state index contributed by atoms with van der Waals surface area (Å²) in [4.78, 5) is 13.6. The number of aromatic nitrogens is 2. The molecule has 0 N–H and O–H groups in total. The summed E-state index contributed by atoms with van der Waals surface area (Å²) in [6.07, 6.45) is 0. The minimum absolute atomic E-state index is 0.331. The van der Waals surface area contributed by atoms with Gasteiger partial charge in [-0.2, -0.15) is 5.10 Å². The quantitative estimate of drug-likeness (QED) is 0.666. The number of rotatable bonds is 2. The summed E-state index contributed by atoms with van der Waals surface area (Å²) in [5, 5.41) is 4.22. The van der Waals surface area contributed by atoms with E-state index >= 15 is 0 Å². The molecule has 0 spiro atoms. The van der Waals surface area contributed by atoms with Crippen molar-refractivity contribution in [3.8, 4) is 0 Å². The smallest absolute Gasteiger partial charge is 0.358 e. The van der Waals surface area contributed by atoms with Gasteiger partial charge in [-0.05, 0) is 20.0 Å². The summed E-state index contributed by atoms with van der Waals surface area (Å²) >= 11 is 0. The minimum atomic E-state index is -0.331. The van der Waals surface area contributed by atoms with Gasteiger partial charge in [-0.1, -0.05) is 0 Å². The van der Waals surface area contributed by atoms with Gasteiger partial charge in [0, 0.05) is 13.1 Å². The van der Waals surface area contributed by atoms with Crippen LogP contribution in [0.1, 0.15) is 23.1 Å². The molecule has 5 nitrogen and oxygen atoms in total. The number of nitrogens with zero attached hydrogens (tertiary/aromatic N) is 3. The zero-order valence-corrected chi connectivity index (χ0v) is 9.06. The Labute approximate surface area is 88.6 Å². The van der Waals surface area contributed by atoms with E-state index in [9.17, 15) is 4.79 Å². The maximum absolute atomic E-state index is 11.4. The molecule has 82 valence electrons. The first kappa shape index (κ1) is 10.2. The molecule has 0 aliphatic carbocycles. The zero-order chi connectivity index (χ0) is 10.8. The molecule has 0 radical (unpaired) electrons. The Bertz CT molecular complexity index is 373. The van der Waals surface area contributed by atoms with Gasteiger partial charge in [0.2, 0.25) is 0 Å². The minimum Gasteiger partial charge on any atom is -0.461 e. The van der Waals surface area contributed by atoms with E-state index in [4.69, 9.17) is 4.74 Å². The van der Waals surface area contributed by atoms with Gasteiger partial charge in [0.05, 0.1) is 18.8 Å². The SMILES string of the molecule is CCOC(=O)c1cc2n(n1)CCN(C)C2. The number of hydrogen-bond acceptors (Lipinski definition) is 4. The maximum Gasteiger partial charge on any atom is 0.358 e. The fraction of sp³-hybridized carbons (Fsp3) is 0.600. The van der Waals surface area contributed by atoms with Crippen molar-refractivity contribution in [3.05, 3.63) is 17.5 Å². The van der Waals surface area contributed by atoms with Gasteiger partial charge in [-0.3, -0.25) is 9.58 Å². The van der Waals surface area contributed by atoms with Crippen LogP contribution in [-0.2, 0) is 17.8 Å². The zero-order valence-electron chi connectivity index (χ0n) is 9.06. The van der Waals surface area contributed by atoms with Crippen LogP contribution in [0.5, 0.6) is 0 Å². The van der Waals surface area contributed by atoms with Crippen molar-refractivity contribution < 1.29 is 9.53 Å². The second kappa shape index (κ2) is 4.02. The number of esters is 1. The van der Waals surface area contributed by atoms with Crippen LogP contribution in [0.25, 0.3) is 0 Å². The Kier molecular flexibility index (Phi) is 2.73. The highest BCUT2D eigenvalue weighted by Gasteiger charge is 2.19. The molecule has 5 heteroatoms. The average Bonchev–Trinajstić information content (AvgIpc) is 2.60. The molecular formula is C10H15N3O2. The molecule has 2 heterocycles. The van der Waals surface area contributed by atoms with Gasteiger partial charge in [0.1, 0.15) is 0 Å². The molecule has 0 aromatic carbocycles. The lowest BCUT2D eigenvalue weighted by molar-refractivity contribution is 0.0518. The van der Waals surface area contributed by atoms with E-state index in [0.29, 0.717) is 12.3 Å². The van der Waals surface area contributed by atoms with E-state index < -0.39 is 0 Å². The van der Waals surface area contributed by atoms with E-state index in [1.807, 2.05) is 10.7 Å². The van der Waals surface area contributed by atoms with Crippen LogP contribution in [0.3, 0.4) is 0 Å². The van der Waals surface area contributed by atoms with Crippen LogP contribution in [0.15, 0.2) is 6.07 Å². The van der Waals surface area contributed by atoms with Crippen molar-refractivity contribution in [2.24, 2.45) is 0 Å². The van der Waals surface area contributed by atoms with Crippen LogP contribution in [0.2, 0.25) is 0 Å². The molecule has 0 atom stereocenters. The summed E-state index contributed by atoms with van der Waals surface area (Å²) in [7, 11) is 2.06. The van der Waals surface area contributed by atoms with E-state index in [-0.39, 0.29) is 5.97 Å². The summed E-state index contributed by atoms with van der Waals surface area (Å²) in [5.41, 5.74) is 1.49. The lowest BCUT2D eigenvalue weighted by Crippen LogP contribution is -2.30. The molecule has 0 amide bonds. The third-order valence-corrected chi connectivity index (χ3v) is 2.47. The molecular weight excluding hydrogens is 194 g/mol. The first-order valence-electron chi connectivity index (χ1n) is 5.13. The van der Waals surface area contributed by atoms with E-state index in [0.717, 1.165) is 25.3 Å². The highest BCUT2D eigenvalue weighted by molar-refractivity contribution is 5.87.